The molecule has 0 aliphatic heterocycles. The fourth-order valence-electron chi connectivity index (χ4n) is 3.79. The van der Waals surface area contributed by atoms with Gasteiger partial charge in [-0.3, -0.25) is 10.3 Å². The van der Waals surface area contributed by atoms with Crippen molar-refractivity contribution in [1.29, 1.82) is 0 Å². The van der Waals surface area contributed by atoms with Crippen LogP contribution in [0.4, 0.5) is 10.5 Å². The summed E-state index contributed by atoms with van der Waals surface area (Å²) in [7, 11) is 3.18. The Morgan fingerprint density at radius 3 is 2.37 bits per heavy atom. The molecule has 0 unspecified atom stereocenters. The average molecular weight is 473 g/mol. The maximum atomic E-state index is 12.4. The first-order valence-corrected chi connectivity index (χ1v) is 11.2. The highest BCUT2D eigenvalue weighted by Gasteiger charge is 2.15. The summed E-state index contributed by atoms with van der Waals surface area (Å²) in [5.74, 6) is 2.50. The number of nitrogens with one attached hydrogen (secondary N) is 1. The van der Waals surface area contributed by atoms with E-state index in [0.717, 1.165) is 33.2 Å². The molecule has 7 nitrogen and oxygen atoms in total. The number of aryl methyl sites for hydroxylation is 1. The number of nitrogens with zero attached hydrogens (tertiary/aromatic N) is 1. The van der Waals surface area contributed by atoms with Crippen LogP contribution in [0.3, 0.4) is 0 Å². The molecule has 4 aromatic rings. The number of benzene rings is 3. The second-order valence-corrected chi connectivity index (χ2v) is 8.19. The van der Waals surface area contributed by atoms with Crippen LogP contribution in [0.5, 0.6) is 23.0 Å². The van der Waals surface area contributed by atoms with E-state index in [1.807, 2.05) is 63.2 Å². The molecular formula is C28H28N2O5. The molecule has 1 N–H and O–H groups in total. The molecule has 0 radical (unpaired) electrons. The predicted octanol–water partition coefficient (Wildman–Crippen LogP) is 6.72. The molecular weight excluding hydrogens is 444 g/mol. The van der Waals surface area contributed by atoms with E-state index in [1.165, 1.54) is 0 Å². The van der Waals surface area contributed by atoms with E-state index < -0.39 is 6.09 Å². The molecule has 0 fully saturated rings. The summed E-state index contributed by atoms with van der Waals surface area (Å²) >= 11 is 0. The second kappa shape index (κ2) is 10.3. The molecule has 0 aliphatic rings. The van der Waals surface area contributed by atoms with E-state index in [9.17, 15) is 4.79 Å². The van der Waals surface area contributed by atoms with Gasteiger partial charge in [0.25, 0.3) is 0 Å². The second-order valence-electron chi connectivity index (χ2n) is 8.19. The fraction of sp³-hybridized carbons (Fsp3) is 0.214. The number of carbonyl (C=O) groups excluding carboxylic acids is 1. The van der Waals surface area contributed by atoms with Gasteiger partial charge in [-0.1, -0.05) is 29.8 Å². The Balaban J connectivity index is 1.52. The lowest BCUT2D eigenvalue weighted by Crippen LogP contribution is -2.14. The minimum atomic E-state index is -0.510. The summed E-state index contributed by atoms with van der Waals surface area (Å²) in [6.45, 7) is 6.08. The molecule has 0 saturated carbocycles. The highest BCUT2D eigenvalue weighted by atomic mass is 16.5. The maximum Gasteiger partial charge on any atom is 0.411 e. The van der Waals surface area contributed by atoms with Crippen molar-refractivity contribution in [2.24, 2.45) is 0 Å². The summed E-state index contributed by atoms with van der Waals surface area (Å²) < 4.78 is 22.5. The molecule has 35 heavy (non-hydrogen) atoms. The topological polar surface area (TPSA) is 78.9 Å². The van der Waals surface area contributed by atoms with E-state index in [4.69, 9.17) is 18.9 Å². The van der Waals surface area contributed by atoms with E-state index in [1.54, 1.807) is 32.5 Å². The Hall–Kier alpha value is -4.26. The van der Waals surface area contributed by atoms with Crippen LogP contribution in [0.1, 0.15) is 22.3 Å². The van der Waals surface area contributed by atoms with Crippen molar-refractivity contribution in [2.45, 2.75) is 27.4 Å². The Labute approximate surface area is 204 Å². The minimum absolute atomic E-state index is 0.204. The van der Waals surface area contributed by atoms with E-state index in [0.29, 0.717) is 28.7 Å². The lowest BCUT2D eigenvalue weighted by atomic mass is 10.1. The third-order valence-electron chi connectivity index (χ3n) is 5.85. The van der Waals surface area contributed by atoms with Crippen LogP contribution in [0.25, 0.3) is 10.9 Å². The summed E-state index contributed by atoms with van der Waals surface area (Å²) in [6, 6.07) is 17.0. The van der Waals surface area contributed by atoms with Crippen LogP contribution in [0.15, 0.2) is 60.8 Å². The Morgan fingerprint density at radius 2 is 1.63 bits per heavy atom. The maximum absolute atomic E-state index is 12.4. The Kier molecular flexibility index (Phi) is 7.06. The number of hydrogen-bond acceptors (Lipinski definition) is 6. The normalized spacial score (nSPS) is 10.7. The van der Waals surface area contributed by atoms with Gasteiger partial charge in [0.15, 0.2) is 11.5 Å². The first-order chi connectivity index (χ1) is 16.9. The van der Waals surface area contributed by atoms with Crippen molar-refractivity contribution in [3.8, 4) is 23.0 Å². The fourth-order valence-corrected chi connectivity index (χ4v) is 3.79. The van der Waals surface area contributed by atoms with Crippen molar-refractivity contribution in [2.75, 3.05) is 19.5 Å². The number of hydrogen-bond donors (Lipinski definition) is 1. The van der Waals surface area contributed by atoms with E-state index >= 15 is 0 Å². The summed E-state index contributed by atoms with van der Waals surface area (Å²) in [4.78, 5) is 16.8. The molecule has 7 heteroatoms. The molecule has 0 atom stereocenters. The summed E-state index contributed by atoms with van der Waals surface area (Å²) in [5.41, 5.74) is 5.22. The van der Waals surface area contributed by atoms with Crippen LogP contribution in [0.2, 0.25) is 0 Å². The molecule has 0 spiro atoms. The van der Waals surface area contributed by atoms with Gasteiger partial charge < -0.3 is 18.9 Å². The van der Waals surface area contributed by atoms with Gasteiger partial charge >= 0.3 is 6.09 Å². The number of fused-ring (bicyclic) bond motifs is 1. The molecule has 180 valence electrons. The average Bonchev–Trinajstić information content (AvgIpc) is 2.86. The zero-order valence-electron chi connectivity index (χ0n) is 20.5. The third-order valence-corrected chi connectivity index (χ3v) is 5.85. The van der Waals surface area contributed by atoms with Crippen molar-refractivity contribution in [3.63, 3.8) is 0 Å². The largest absolute Gasteiger partial charge is 0.493 e. The zero-order valence-corrected chi connectivity index (χ0v) is 20.5. The van der Waals surface area contributed by atoms with Gasteiger partial charge in [0.05, 0.1) is 19.7 Å². The monoisotopic (exact) mass is 472 g/mol. The van der Waals surface area contributed by atoms with Crippen LogP contribution in [-0.4, -0.2) is 25.3 Å². The van der Waals surface area contributed by atoms with Crippen molar-refractivity contribution in [3.05, 3.63) is 83.0 Å². The van der Waals surface area contributed by atoms with Gasteiger partial charge in [-0.2, -0.15) is 0 Å². The lowest BCUT2D eigenvalue weighted by molar-refractivity contribution is 0.155. The quantitative estimate of drug-likeness (QED) is 0.322. The van der Waals surface area contributed by atoms with Gasteiger partial charge in [-0.15, -0.1) is 0 Å². The number of pyridine rings is 1. The number of carbonyl (C=O) groups is 1. The highest BCUT2D eigenvalue weighted by molar-refractivity contribution is 5.89. The third kappa shape index (κ3) is 5.30. The lowest BCUT2D eigenvalue weighted by Gasteiger charge is -2.16. The van der Waals surface area contributed by atoms with E-state index in [2.05, 4.69) is 10.3 Å². The van der Waals surface area contributed by atoms with E-state index in [-0.39, 0.29) is 6.61 Å². The SMILES string of the molecule is COc1cc2nccc(Oc3ccc(NC(=O)OCc4cccc(C)c4)c(C)c3C)c2cc1OC. The van der Waals surface area contributed by atoms with Crippen LogP contribution in [0, 0.1) is 20.8 Å². The number of rotatable bonds is 7. The summed E-state index contributed by atoms with van der Waals surface area (Å²) in [5, 5.41) is 3.62. The number of methoxy groups -OCH3 is 2. The molecule has 1 amide bonds. The minimum Gasteiger partial charge on any atom is -0.493 e. The first-order valence-electron chi connectivity index (χ1n) is 11.2. The standard InChI is InChI=1S/C28H28N2O5/c1-17-7-6-8-20(13-17)16-34-28(31)30-22-9-10-24(19(3)18(22)2)35-25-11-12-29-23-15-27(33-5)26(32-4)14-21(23)25/h6-15H,16H2,1-5H3,(H,30,31). The number of aromatic nitrogens is 1. The highest BCUT2D eigenvalue weighted by Crippen LogP contribution is 2.38. The van der Waals surface area contributed by atoms with Gasteiger partial charge in [0.2, 0.25) is 0 Å². The van der Waals surface area contributed by atoms with Crippen molar-refractivity contribution >= 4 is 22.7 Å². The van der Waals surface area contributed by atoms with Crippen molar-refractivity contribution in [1.82, 2.24) is 4.98 Å². The smallest absolute Gasteiger partial charge is 0.411 e. The molecule has 1 heterocycles. The van der Waals surface area contributed by atoms with Crippen LogP contribution < -0.4 is 19.5 Å². The van der Waals surface area contributed by atoms with Gasteiger partial charge in [-0.25, -0.2) is 4.79 Å². The van der Waals surface area contributed by atoms with Crippen molar-refractivity contribution < 1.29 is 23.7 Å². The molecule has 1 aromatic heterocycles. The molecule has 0 saturated heterocycles. The molecule has 4 rings (SSSR count). The van der Waals surface area contributed by atoms with Gasteiger partial charge in [-0.05, 0) is 61.7 Å². The predicted molar refractivity (Wildman–Crippen MR) is 136 cm³/mol. The zero-order chi connectivity index (χ0) is 24.9. The number of anilines is 1. The van der Waals surface area contributed by atoms with Crippen LogP contribution >= 0.6 is 0 Å². The van der Waals surface area contributed by atoms with Crippen LogP contribution in [-0.2, 0) is 11.3 Å². The molecule has 0 aliphatic carbocycles. The Bertz CT molecular complexity index is 1380. The number of ether oxygens (including phenoxy) is 4. The molecule has 3 aromatic carbocycles. The number of amides is 1. The summed E-state index contributed by atoms with van der Waals surface area (Å²) in [6.07, 6.45) is 1.18. The van der Waals surface area contributed by atoms with Gasteiger partial charge in [0, 0.05) is 23.3 Å². The van der Waals surface area contributed by atoms with Gasteiger partial charge in [0.1, 0.15) is 18.1 Å². The first kappa shape index (κ1) is 23.9. The molecule has 0 bridgehead atoms. The Morgan fingerprint density at radius 1 is 0.857 bits per heavy atom.